The van der Waals surface area contributed by atoms with Crippen LogP contribution in [-0.2, 0) is 4.79 Å². The smallest absolute Gasteiger partial charge is 0.244 e. The molecule has 0 saturated heterocycles. The summed E-state index contributed by atoms with van der Waals surface area (Å²) in [6.07, 6.45) is 9.11. The number of halogens is 2. The molecule has 0 radical (unpaired) electrons. The van der Waals surface area contributed by atoms with Crippen LogP contribution in [0, 0.1) is 0 Å². The predicted molar refractivity (Wildman–Crippen MR) is 80.5 cm³/mol. The van der Waals surface area contributed by atoms with E-state index in [9.17, 15) is 4.79 Å². The molecule has 0 aliphatic heterocycles. The van der Waals surface area contributed by atoms with E-state index < -0.39 is 0 Å². The highest BCUT2D eigenvalue weighted by atomic mass is 35.5. The van der Waals surface area contributed by atoms with E-state index in [1.807, 2.05) is 0 Å². The molecule has 1 aromatic carbocycles. The van der Waals surface area contributed by atoms with Gasteiger partial charge in [0.05, 0.1) is 0 Å². The van der Waals surface area contributed by atoms with Crippen molar-refractivity contribution in [3.63, 3.8) is 0 Å². The summed E-state index contributed by atoms with van der Waals surface area (Å²) < 4.78 is 0. The summed E-state index contributed by atoms with van der Waals surface area (Å²) in [5.41, 5.74) is 0.796. The third kappa shape index (κ3) is 4.55. The van der Waals surface area contributed by atoms with Crippen LogP contribution in [0.15, 0.2) is 24.3 Å². The second-order valence-corrected chi connectivity index (χ2v) is 5.69. The lowest BCUT2D eigenvalue weighted by molar-refractivity contribution is -0.117. The molecule has 1 N–H and O–H groups in total. The van der Waals surface area contributed by atoms with Crippen molar-refractivity contribution in [2.24, 2.45) is 0 Å². The zero-order valence-corrected chi connectivity index (χ0v) is 12.2. The van der Waals surface area contributed by atoms with Gasteiger partial charge in [0.1, 0.15) is 0 Å². The maximum absolute atomic E-state index is 11.8. The van der Waals surface area contributed by atoms with Gasteiger partial charge < -0.3 is 5.32 Å². The van der Waals surface area contributed by atoms with Crippen LogP contribution in [-0.4, -0.2) is 11.9 Å². The zero-order valence-electron chi connectivity index (χ0n) is 10.7. The number of carbonyl (C=O) groups excluding carboxylic acids is 1. The molecule has 0 atom stereocenters. The fourth-order valence-corrected chi connectivity index (χ4v) is 2.77. The summed E-state index contributed by atoms with van der Waals surface area (Å²) in [6, 6.07) is 5.55. The predicted octanol–water partition coefficient (Wildman–Crippen LogP) is 4.46. The summed E-state index contributed by atoms with van der Waals surface area (Å²) in [4.78, 5) is 11.8. The number of rotatable bonds is 3. The number of benzene rings is 1. The minimum atomic E-state index is -0.0575. The SMILES string of the molecule is O=C(/C=C\c1ccc(Cl)cc1Cl)NC1CCCCC1. The van der Waals surface area contributed by atoms with E-state index in [-0.39, 0.29) is 5.91 Å². The molecule has 1 aliphatic rings. The van der Waals surface area contributed by atoms with Gasteiger partial charge in [-0.15, -0.1) is 0 Å². The molecular weight excluding hydrogens is 281 g/mol. The first-order valence-electron chi connectivity index (χ1n) is 6.59. The van der Waals surface area contributed by atoms with Gasteiger partial charge in [0.25, 0.3) is 0 Å². The second kappa shape index (κ2) is 6.97. The molecule has 1 amide bonds. The van der Waals surface area contributed by atoms with Gasteiger partial charge in [-0.2, -0.15) is 0 Å². The Bertz CT molecular complexity index is 479. The Morgan fingerprint density at radius 2 is 1.95 bits per heavy atom. The van der Waals surface area contributed by atoms with Gasteiger partial charge in [-0.25, -0.2) is 0 Å². The molecule has 4 heteroatoms. The Balaban J connectivity index is 1.92. The van der Waals surface area contributed by atoms with Crippen LogP contribution in [0.1, 0.15) is 37.7 Å². The summed E-state index contributed by atoms with van der Waals surface area (Å²) in [5, 5.41) is 4.17. The van der Waals surface area contributed by atoms with E-state index in [4.69, 9.17) is 23.2 Å². The van der Waals surface area contributed by atoms with E-state index in [0.29, 0.717) is 16.1 Å². The monoisotopic (exact) mass is 297 g/mol. The van der Waals surface area contributed by atoms with Crippen molar-refractivity contribution in [2.75, 3.05) is 0 Å². The summed E-state index contributed by atoms with van der Waals surface area (Å²) in [5.74, 6) is -0.0575. The normalized spacial score (nSPS) is 16.7. The van der Waals surface area contributed by atoms with Crippen molar-refractivity contribution >= 4 is 35.2 Å². The number of hydrogen-bond acceptors (Lipinski definition) is 1. The Morgan fingerprint density at radius 1 is 1.21 bits per heavy atom. The van der Waals surface area contributed by atoms with Gasteiger partial charge in [0, 0.05) is 22.2 Å². The van der Waals surface area contributed by atoms with Crippen molar-refractivity contribution in [2.45, 2.75) is 38.1 Å². The minimum Gasteiger partial charge on any atom is -0.350 e. The summed E-state index contributed by atoms with van der Waals surface area (Å²) in [6.45, 7) is 0. The van der Waals surface area contributed by atoms with Crippen molar-refractivity contribution in [1.29, 1.82) is 0 Å². The lowest BCUT2D eigenvalue weighted by Crippen LogP contribution is -2.34. The molecule has 1 aromatic rings. The Kier molecular flexibility index (Phi) is 5.29. The quantitative estimate of drug-likeness (QED) is 0.820. The second-order valence-electron chi connectivity index (χ2n) is 4.84. The number of amides is 1. The number of carbonyl (C=O) groups is 1. The van der Waals surface area contributed by atoms with Gasteiger partial charge in [-0.05, 0) is 36.6 Å². The van der Waals surface area contributed by atoms with E-state index in [0.717, 1.165) is 18.4 Å². The molecule has 2 rings (SSSR count). The van der Waals surface area contributed by atoms with Crippen LogP contribution in [0.2, 0.25) is 10.0 Å². The van der Waals surface area contributed by atoms with Crippen LogP contribution in [0.4, 0.5) is 0 Å². The third-order valence-corrected chi connectivity index (χ3v) is 3.89. The molecule has 1 saturated carbocycles. The Morgan fingerprint density at radius 3 is 2.63 bits per heavy atom. The lowest BCUT2D eigenvalue weighted by atomic mass is 9.95. The molecule has 0 heterocycles. The van der Waals surface area contributed by atoms with Crippen LogP contribution in [0.3, 0.4) is 0 Å². The van der Waals surface area contributed by atoms with Crippen molar-refractivity contribution in [3.05, 3.63) is 39.9 Å². The molecule has 2 nitrogen and oxygen atoms in total. The van der Waals surface area contributed by atoms with Crippen LogP contribution in [0.25, 0.3) is 6.08 Å². The first-order valence-corrected chi connectivity index (χ1v) is 7.34. The third-order valence-electron chi connectivity index (χ3n) is 3.33. The lowest BCUT2D eigenvalue weighted by Gasteiger charge is -2.21. The minimum absolute atomic E-state index is 0.0575. The Hall–Kier alpha value is -0.990. The highest BCUT2D eigenvalue weighted by Gasteiger charge is 2.14. The van der Waals surface area contributed by atoms with Gasteiger partial charge in [-0.1, -0.05) is 48.5 Å². The first-order chi connectivity index (χ1) is 9.15. The van der Waals surface area contributed by atoms with Crippen molar-refractivity contribution in [1.82, 2.24) is 5.32 Å². The molecule has 1 aliphatic carbocycles. The van der Waals surface area contributed by atoms with E-state index in [2.05, 4.69) is 5.32 Å². The van der Waals surface area contributed by atoms with Gasteiger partial charge >= 0.3 is 0 Å². The number of hydrogen-bond donors (Lipinski definition) is 1. The molecule has 19 heavy (non-hydrogen) atoms. The van der Waals surface area contributed by atoms with E-state index in [1.54, 1.807) is 24.3 Å². The molecule has 1 fully saturated rings. The standard InChI is InChI=1S/C15H17Cl2NO/c16-12-8-6-11(14(17)10-12)7-9-15(19)18-13-4-2-1-3-5-13/h6-10,13H,1-5H2,(H,18,19)/b9-7-. The summed E-state index contributed by atoms with van der Waals surface area (Å²) in [7, 11) is 0. The number of nitrogens with one attached hydrogen (secondary N) is 1. The molecule has 102 valence electrons. The largest absolute Gasteiger partial charge is 0.350 e. The highest BCUT2D eigenvalue weighted by Crippen LogP contribution is 2.22. The van der Waals surface area contributed by atoms with Crippen molar-refractivity contribution < 1.29 is 4.79 Å². The van der Waals surface area contributed by atoms with Crippen LogP contribution < -0.4 is 5.32 Å². The van der Waals surface area contributed by atoms with Crippen LogP contribution >= 0.6 is 23.2 Å². The van der Waals surface area contributed by atoms with Gasteiger partial charge in [0.15, 0.2) is 0 Å². The zero-order chi connectivity index (χ0) is 13.7. The fourth-order valence-electron chi connectivity index (χ4n) is 2.30. The molecule has 0 aromatic heterocycles. The van der Waals surface area contributed by atoms with Gasteiger partial charge in [0.2, 0.25) is 5.91 Å². The fraction of sp³-hybridized carbons (Fsp3) is 0.400. The molecule has 0 bridgehead atoms. The molecule has 0 unspecified atom stereocenters. The van der Waals surface area contributed by atoms with Gasteiger partial charge in [-0.3, -0.25) is 4.79 Å². The maximum atomic E-state index is 11.8. The first kappa shape index (κ1) is 14.4. The maximum Gasteiger partial charge on any atom is 0.244 e. The van der Waals surface area contributed by atoms with Crippen molar-refractivity contribution in [3.8, 4) is 0 Å². The molecule has 0 spiro atoms. The average molecular weight is 298 g/mol. The van der Waals surface area contributed by atoms with E-state index >= 15 is 0 Å². The summed E-state index contributed by atoms with van der Waals surface area (Å²) >= 11 is 11.9. The highest BCUT2D eigenvalue weighted by molar-refractivity contribution is 6.35. The topological polar surface area (TPSA) is 29.1 Å². The van der Waals surface area contributed by atoms with E-state index in [1.165, 1.54) is 25.3 Å². The Labute approximate surface area is 123 Å². The average Bonchev–Trinajstić information content (AvgIpc) is 2.39. The molecular formula is C15H17Cl2NO. The van der Waals surface area contributed by atoms with Crippen LogP contribution in [0.5, 0.6) is 0 Å².